The van der Waals surface area contributed by atoms with Crippen LogP contribution in [0.25, 0.3) is 0 Å². The molecule has 0 aliphatic carbocycles. The number of nitrogens with one attached hydrogen (secondary N) is 1. The lowest BCUT2D eigenvalue weighted by atomic mass is 9.74. The molecule has 0 aromatic heterocycles. The first-order valence-corrected chi connectivity index (χ1v) is 6.57. The van der Waals surface area contributed by atoms with Crippen LogP contribution >= 0.6 is 0 Å². The number of aryl methyl sites for hydroxylation is 3. The topological polar surface area (TPSA) is 47.3 Å². The molecule has 18 heavy (non-hydrogen) atoms. The lowest BCUT2D eigenvalue weighted by Crippen LogP contribution is -2.55. The number of hydrogen-bond acceptors (Lipinski definition) is 3. The Morgan fingerprint density at radius 3 is 2.28 bits per heavy atom. The molecule has 1 saturated heterocycles. The highest BCUT2D eigenvalue weighted by Crippen LogP contribution is 2.41. The van der Waals surface area contributed by atoms with Crippen molar-refractivity contribution in [1.29, 1.82) is 0 Å². The van der Waals surface area contributed by atoms with E-state index in [1.54, 1.807) is 0 Å². The molecular formula is C15H24N2O. The molecule has 1 atom stereocenters. The summed E-state index contributed by atoms with van der Waals surface area (Å²) in [6.45, 7) is 8.66. The van der Waals surface area contributed by atoms with Gasteiger partial charge in [-0.05, 0) is 50.1 Å². The summed E-state index contributed by atoms with van der Waals surface area (Å²) in [4.78, 5) is 0. The molecule has 0 bridgehead atoms. The molecule has 0 saturated carbocycles. The van der Waals surface area contributed by atoms with Gasteiger partial charge in [-0.25, -0.2) is 0 Å². The van der Waals surface area contributed by atoms with Gasteiger partial charge in [0.15, 0.2) is 0 Å². The maximum atomic E-state index is 5.98. The Bertz CT molecular complexity index is 433. The van der Waals surface area contributed by atoms with Gasteiger partial charge in [0.25, 0.3) is 0 Å². The Morgan fingerprint density at radius 2 is 1.83 bits per heavy atom. The van der Waals surface area contributed by atoms with E-state index in [2.05, 4.69) is 38.2 Å². The minimum atomic E-state index is 0.0568. The maximum absolute atomic E-state index is 5.98. The van der Waals surface area contributed by atoms with E-state index >= 15 is 0 Å². The normalized spacial score (nSPS) is 19.4. The third kappa shape index (κ3) is 2.07. The van der Waals surface area contributed by atoms with Crippen LogP contribution in [0.2, 0.25) is 0 Å². The summed E-state index contributed by atoms with van der Waals surface area (Å²) in [5.74, 6) is 0. The highest BCUT2D eigenvalue weighted by atomic mass is 16.5. The number of rotatable bonds is 4. The molecule has 1 aromatic rings. The Hall–Kier alpha value is -0.900. The summed E-state index contributed by atoms with van der Waals surface area (Å²) in [7, 11) is 2.01. The molecule has 0 amide bonds. The predicted molar refractivity (Wildman–Crippen MR) is 74.8 cm³/mol. The second-order valence-corrected chi connectivity index (χ2v) is 5.57. The van der Waals surface area contributed by atoms with Gasteiger partial charge in [-0.2, -0.15) is 0 Å². The molecular weight excluding hydrogens is 224 g/mol. The molecule has 0 spiro atoms. The van der Waals surface area contributed by atoms with Crippen molar-refractivity contribution < 1.29 is 4.74 Å². The summed E-state index contributed by atoms with van der Waals surface area (Å²) >= 11 is 0. The molecule has 0 radical (unpaired) electrons. The second kappa shape index (κ2) is 5.00. The van der Waals surface area contributed by atoms with E-state index < -0.39 is 0 Å². The highest BCUT2D eigenvalue weighted by Gasteiger charge is 2.45. The summed E-state index contributed by atoms with van der Waals surface area (Å²) in [6.07, 6.45) is 0. The summed E-state index contributed by atoms with van der Waals surface area (Å²) in [5.41, 5.74) is 11.4. The van der Waals surface area contributed by atoms with E-state index in [0.29, 0.717) is 6.54 Å². The standard InChI is InChI=1S/C15H24N2O/c1-10-5-12(3)13(6-11(10)2)14(17-4)15(7-16)8-18-9-15/h5-6,14,17H,7-9,16H2,1-4H3. The van der Waals surface area contributed by atoms with Crippen molar-refractivity contribution in [2.24, 2.45) is 11.1 Å². The monoisotopic (exact) mass is 248 g/mol. The van der Waals surface area contributed by atoms with Crippen LogP contribution in [-0.4, -0.2) is 26.8 Å². The lowest BCUT2D eigenvalue weighted by molar-refractivity contribution is -0.126. The molecule has 1 aliphatic heterocycles. The minimum absolute atomic E-state index is 0.0568. The summed E-state index contributed by atoms with van der Waals surface area (Å²) < 4.78 is 5.41. The number of ether oxygens (including phenoxy) is 1. The van der Waals surface area contributed by atoms with Crippen LogP contribution in [0, 0.1) is 26.2 Å². The van der Waals surface area contributed by atoms with Crippen molar-refractivity contribution in [2.45, 2.75) is 26.8 Å². The second-order valence-electron chi connectivity index (χ2n) is 5.57. The van der Waals surface area contributed by atoms with Crippen LogP contribution in [-0.2, 0) is 4.74 Å². The van der Waals surface area contributed by atoms with E-state index in [1.165, 1.54) is 22.3 Å². The quantitative estimate of drug-likeness (QED) is 0.855. The average Bonchev–Trinajstić information content (AvgIpc) is 2.29. The maximum Gasteiger partial charge on any atom is 0.0575 e. The van der Waals surface area contributed by atoms with E-state index in [0.717, 1.165) is 13.2 Å². The fourth-order valence-electron chi connectivity index (χ4n) is 2.85. The fraction of sp³-hybridized carbons (Fsp3) is 0.600. The third-order valence-corrected chi connectivity index (χ3v) is 4.28. The molecule has 100 valence electrons. The number of benzene rings is 1. The van der Waals surface area contributed by atoms with Crippen LogP contribution in [0.5, 0.6) is 0 Å². The smallest absolute Gasteiger partial charge is 0.0575 e. The van der Waals surface area contributed by atoms with Crippen molar-refractivity contribution >= 4 is 0 Å². The van der Waals surface area contributed by atoms with Crippen LogP contribution in [0.15, 0.2) is 12.1 Å². The van der Waals surface area contributed by atoms with E-state index in [1.807, 2.05) is 7.05 Å². The Kier molecular flexibility index (Phi) is 3.76. The van der Waals surface area contributed by atoms with E-state index in [4.69, 9.17) is 10.5 Å². The zero-order chi connectivity index (χ0) is 13.3. The van der Waals surface area contributed by atoms with Crippen molar-refractivity contribution in [3.8, 4) is 0 Å². The largest absolute Gasteiger partial charge is 0.380 e. The van der Waals surface area contributed by atoms with Crippen LogP contribution in [0.3, 0.4) is 0 Å². The first-order valence-electron chi connectivity index (χ1n) is 6.57. The molecule has 3 N–H and O–H groups in total. The predicted octanol–water partition coefficient (Wildman–Crippen LogP) is 1.85. The van der Waals surface area contributed by atoms with Gasteiger partial charge in [0.1, 0.15) is 0 Å². The Balaban J connectivity index is 2.42. The van der Waals surface area contributed by atoms with Gasteiger partial charge in [0.2, 0.25) is 0 Å². The van der Waals surface area contributed by atoms with Gasteiger partial charge in [-0.3, -0.25) is 0 Å². The molecule has 3 nitrogen and oxygen atoms in total. The minimum Gasteiger partial charge on any atom is -0.380 e. The van der Waals surface area contributed by atoms with Gasteiger partial charge >= 0.3 is 0 Å². The van der Waals surface area contributed by atoms with E-state index in [9.17, 15) is 0 Å². The summed E-state index contributed by atoms with van der Waals surface area (Å²) in [6, 6.07) is 4.83. The highest BCUT2D eigenvalue weighted by molar-refractivity contribution is 5.39. The fourth-order valence-corrected chi connectivity index (χ4v) is 2.85. The van der Waals surface area contributed by atoms with Gasteiger partial charge in [-0.15, -0.1) is 0 Å². The van der Waals surface area contributed by atoms with Crippen molar-refractivity contribution in [3.63, 3.8) is 0 Å². The van der Waals surface area contributed by atoms with Crippen molar-refractivity contribution in [3.05, 3.63) is 34.4 Å². The van der Waals surface area contributed by atoms with Crippen molar-refractivity contribution in [1.82, 2.24) is 5.32 Å². The zero-order valence-electron chi connectivity index (χ0n) is 11.8. The Labute approximate surface area is 110 Å². The van der Waals surface area contributed by atoms with Crippen LogP contribution in [0.4, 0.5) is 0 Å². The zero-order valence-corrected chi connectivity index (χ0v) is 11.8. The van der Waals surface area contributed by atoms with Crippen LogP contribution in [0.1, 0.15) is 28.3 Å². The van der Waals surface area contributed by atoms with Gasteiger partial charge in [0, 0.05) is 18.0 Å². The molecule has 1 aromatic carbocycles. The SMILES string of the molecule is CNC(c1cc(C)c(C)cc1C)C1(CN)COC1. The molecule has 1 fully saturated rings. The molecule has 2 rings (SSSR count). The number of hydrogen-bond donors (Lipinski definition) is 2. The Morgan fingerprint density at radius 1 is 1.22 bits per heavy atom. The van der Waals surface area contributed by atoms with E-state index in [-0.39, 0.29) is 11.5 Å². The third-order valence-electron chi connectivity index (χ3n) is 4.28. The molecule has 1 aliphatic rings. The van der Waals surface area contributed by atoms with Crippen molar-refractivity contribution in [2.75, 3.05) is 26.8 Å². The average molecular weight is 248 g/mol. The molecule has 1 heterocycles. The lowest BCUT2D eigenvalue weighted by Gasteiger charge is -2.47. The number of nitrogens with two attached hydrogens (primary N) is 1. The van der Waals surface area contributed by atoms with Crippen LogP contribution < -0.4 is 11.1 Å². The van der Waals surface area contributed by atoms with Gasteiger partial charge in [0.05, 0.1) is 13.2 Å². The molecule has 1 unspecified atom stereocenters. The molecule has 3 heteroatoms. The summed E-state index contributed by atoms with van der Waals surface area (Å²) in [5, 5.41) is 3.44. The van der Waals surface area contributed by atoms with Gasteiger partial charge < -0.3 is 15.8 Å². The first-order chi connectivity index (χ1) is 8.54. The first kappa shape index (κ1) is 13.5. The van der Waals surface area contributed by atoms with Gasteiger partial charge in [-0.1, -0.05) is 12.1 Å².